The summed E-state index contributed by atoms with van der Waals surface area (Å²) in [4.78, 5) is 0. The Balaban J connectivity index is 1.67. The Kier molecular flexibility index (Phi) is 3.37. The van der Waals surface area contributed by atoms with Gasteiger partial charge in [0.05, 0.1) is 5.60 Å². The molecular weight excluding hydrogens is 376 g/mol. The quantitative estimate of drug-likeness (QED) is 0.705. The molecule has 0 amide bonds. The topological polar surface area (TPSA) is 58.9 Å². The second-order valence-electron chi connectivity index (χ2n) is 11.8. The molecule has 4 nitrogen and oxygen atoms in total. The van der Waals surface area contributed by atoms with Crippen molar-refractivity contribution in [3.05, 3.63) is 35.4 Å². The van der Waals surface area contributed by atoms with E-state index in [9.17, 15) is 10.2 Å². The molecule has 0 aromatic heterocycles. The summed E-state index contributed by atoms with van der Waals surface area (Å²) < 4.78 is 13.1. The van der Waals surface area contributed by atoms with Gasteiger partial charge in [-0.1, -0.05) is 45.4 Å². The Morgan fingerprint density at radius 2 is 1.93 bits per heavy atom. The Morgan fingerprint density at radius 3 is 2.63 bits per heavy atom. The van der Waals surface area contributed by atoms with Crippen LogP contribution in [0.2, 0.25) is 0 Å². The van der Waals surface area contributed by atoms with E-state index >= 15 is 0 Å². The molecule has 4 bridgehead atoms. The number of hydrogen-bond acceptors (Lipinski definition) is 4. The van der Waals surface area contributed by atoms with E-state index in [1.165, 1.54) is 24.0 Å². The Morgan fingerprint density at radius 1 is 1.17 bits per heavy atom. The molecule has 2 fully saturated rings. The van der Waals surface area contributed by atoms with Crippen molar-refractivity contribution in [3.8, 4) is 11.5 Å². The molecule has 162 valence electrons. The van der Waals surface area contributed by atoms with Crippen molar-refractivity contribution in [1.29, 1.82) is 0 Å². The summed E-state index contributed by atoms with van der Waals surface area (Å²) in [6, 6.07) is 3.91. The van der Waals surface area contributed by atoms with Crippen molar-refractivity contribution in [3.63, 3.8) is 0 Å². The zero-order valence-electron chi connectivity index (χ0n) is 18.8. The van der Waals surface area contributed by atoms with Crippen LogP contribution in [0.3, 0.4) is 0 Å². The summed E-state index contributed by atoms with van der Waals surface area (Å²) in [5, 5.41) is 22.7. The molecular formula is C26H34O4. The second-order valence-corrected chi connectivity index (χ2v) is 11.8. The number of aromatic hydroxyl groups is 1. The molecule has 7 atom stereocenters. The molecule has 0 radical (unpaired) electrons. The first-order chi connectivity index (χ1) is 14.1. The fraction of sp³-hybridized carbons (Fsp3) is 0.692. The van der Waals surface area contributed by atoms with E-state index in [0.29, 0.717) is 11.7 Å². The van der Waals surface area contributed by atoms with Gasteiger partial charge in [-0.15, -0.1) is 0 Å². The third-order valence-electron chi connectivity index (χ3n) is 10.2. The largest absolute Gasteiger partial charge is 0.504 e. The van der Waals surface area contributed by atoms with Gasteiger partial charge in [-0.2, -0.15) is 0 Å². The van der Waals surface area contributed by atoms with Crippen LogP contribution in [0, 0.1) is 22.7 Å². The summed E-state index contributed by atoms with van der Waals surface area (Å²) in [6.45, 7) is 8.34. The van der Waals surface area contributed by atoms with E-state index in [-0.39, 0.29) is 34.0 Å². The summed E-state index contributed by atoms with van der Waals surface area (Å²) in [5.74, 6) is 1.35. The van der Waals surface area contributed by atoms with Gasteiger partial charge in [0, 0.05) is 29.4 Å². The SMILES string of the molecule is CO[C@]12C=C[C@@]3(C[C@@H]1[C@](C)(O)C(C)(C)C)[C@@H]1CCC[C@@]34c3c(ccc(O)c3O[C@@H]24)C1. The zero-order valence-corrected chi connectivity index (χ0v) is 18.8. The first-order valence-electron chi connectivity index (χ1n) is 11.5. The first-order valence-corrected chi connectivity index (χ1v) is 11.5. The molecule has 7 rings (SSSR count). The minimum Gasteiger partial charge on any atom is -0.504 e. The lowest BCUT2D eigenvalue weighted by atomic mass is 9.33. The van der Waals surface area contributed by atoms with Crippen LogP contribution >= 0.6 is 0 Å². The monoisotopic (exact) mass is 410 g/mol. The molecule has 4 heteroatoms. The molecule has 1 aromatic carbocycles. The number of rotatable bonds is 2. The lowest BCUT2D eigenvalue weighted by Crippen LogP contribution is -2.78. The number of methoxy groups -OCH3 is 1. The number of phenolic OH excluding ortho intramolecular Hbond substituents is 1. The third-order valence-corrected chi connectivity index (χ3v) is 10.2. The number of fused-ring (bicyclic) bond motifs is 1. The molecule has 1 aliphatic heterocycles. The summed E-state index contributed by atoms with van der Waals surface area (Å²) in [7, 11) is 1.77. The molecule has 0 unspecified atom stereocenters. The Bertz CT molecular complexity index is 972. The maximum Gasteiger partial charge on any atom is 0.165 e. The van der Waals surface area contributed by atoms with E-state index in [1.807, 2.05) is 6.92 Å². The Labute approximate surface area is 179 Å². The number of ether oxygens (including phenoxy) is 2. The van der Waals surface area contributed by atoms with Crippen molar-refractivity contribution < 1.29 is 19.7 Å². The van der Waals surface area contributed by atoms with Gasteiger partial charge in [-0.3, -0.25) is 0 Å². The van der Waals surface area contributed by atoms with Crippen LogP contribution < -0.4 is 4.74 Å². The van der Waals surface area contributed by atoms with Crippen LogP contribution in [0.15, 0.2) is 24.3 Å². The highest BCUT2D eigenvalue weighted by atomic mass is 16.6. The third kappa shape index (κ3) is 1.74. The van der Waals surface area contributed by atoms with Crippen molar-refractivity contribution >= 4 is 0 Å². The molecule has 30 heavy (non-hydrogen) atoms. The smallest absolute Gasteiger partial charge is 0.165 e. The van der Waals surface area contributed by atoms with Crippen LogP contribution in [0.1, 0.15) is 64.5 Å². The van der Waals surface area contributed by atoms with Crippen molar-refractivity contribution in [2.24, 2.45) is 22.7 Å². The predicted octanol–water partition coefficient (Wildman–Crippen LogP) is 4.51. The molecule has 2 spiro atoms. The predicted molar refractivity (Wildman–Crippen MR) is 115 cm³/mol. The summed E-state index contributed by atoms with van der Waals surface area (Å²) in [5.41, 5.74) is 0.392. The standard InChI is InChI=1S/C26H34O4/c1-22(2,3)23(4,28)18-14-24-11-12-26(18,29-5)21-25(24)10-6-7-16(24)13-15-8-9-17(27)20(30-21)19(15)25/h8-9,11-12,16,18,21,27-28H,6-7,10,13-14H2,1-5H3/t16-,18-,21-,23+,24-,25+,26-/m1/s1. The lowest BCUT2D eigenvalue weighted by molar-refractivity contribution is -0.259. The van der Waals surface area contributed by atoms with E-state index in [0.717, 1.165) is 19.3 Å². The lowest BCUT2D eigenvalue weighted by Gasteiger charge is -2.71. The van der Waals surface area contributed by atoms with Crippen molar-refractivity contribution in [2.45, 2.75) is 82.5 Å². The minimum atomic E-state index is -0.933. The molecule has 5 aliphatic carbocycles. The zero-order chi connectivity index (χ0) is 21.3. The molecule has 1 heterocycles. The summed E-state index contributed by atoms with van der Waals surface area (Å²) >= 11 is 0. The minimum absolute atomic E-state index is 0.0534. The Hall–Kier alpha value is -1.52. The van der Waals surface area contributed by atoms with Gasteiger partial charge < -0.3 is 19.7 Å². The number of hydrogen-bond donors (Lipinski definition) is 2. The van der Waals surface area contributed by atoms with E-state index in [1.54, 1.807) is 13.2 Å². The number of benzene rings is 1. The highest BCUT2D eigenvalue weighted by Crippen LogP contribution is 2.77. The van der Waals surface area contributed by atoms with Crippen LogP contribution in [-0.4, -0.2) is 34.6 Å². The van der Waals surface area contributed by atoms with Crippen LogP contribution in [0.4, 0.5) is 0 Å². The van der Waals surface area contributed by atoms with Crippen molar-refractivity contribution in [1.82, 2.24) is 0 Å². The molecule has 1 aromatic rings. The van der Waals surface area contributed by atoms with Gasteiger partial charge in [-0.05, 0) is 55.6 Å². The number of phenols is 1. The maximum absolute atomic E-state index is 12.0. The summed E-state index contributed by atoms with van der Waals surface area (Å²) in [6.07, 6.45) is 9.81. The van der Waals surface area contributed by atoms with Gasteiger partial charge in [0.15, 0.2) is 11.5 Å². The van der Waals surface area contributed by atoms with E-state index < -0.39 is 11.2 Å². The van der Waals surface area contributed by atoms with Crippen molar-refractivity contribution in [2.75, 3.05) is 7.11 Å². The fourth-order valence-corrected chi connectivity index (χ4v) is 8.32. The molecule has 2 saturated carbocycles. The number of aliphatic hydroxyl groups is 1. The normalized spacial score (nSPS) is 44.4. The second kappa shape index (κ2) is 5.27. The van der Waals surface area contributed by atoms with Gasteiger partial charge in [-0.25, -0.2) is 0 Å². The van der Waals surface area contributed by atoms with Gasteiger partial charge >= 0.3 is 0 Å². The fourth-order valence-electron chi connectivity index (χ4n) is 8.32. The van der Waals surface area contributed by atoms with Gasteiger partial charge in [0.2, 0.25) is 0 Å². The average molecular weight is 411 g/mol. The van der Waals surface area contributed by atoms with Crippen LogP contribution in [-0.2, 0) is 16.6 Å². The highest BCUT2D eigenvalue weighted by Gasteiger charge is 2.80. The number of allylic oxidation sites excluding steroid dienone is 1. The molecule has 6 aliphatic rings. The van der Waals surface area contributed by atoms with E-state index in [4.69, 9.17) is 9.47 Å². The van der Waals surface area contributed by atoms with Gasteiger partial charge in [0.25, 0.3) is 0 Å². The molecule has 0 saturated heterocycles. The maximum atomic E-state index is 12.0. The van der Waals surface area contributed by atoms with Gasteiger partial charge in [0.1, 0.15) is 11.7 Å². The van der Waals surface area contributed by atoms with Crippen LogP contribution in [0.5, 0.6) is 11.5 Å². The van der Waals surface area contributed by atoms with Crippen LogP contribution in [0.25, 0.3) is 0 Å². The molecule has 2 N–H and O–H groups in total. The van der Waals surface area contributed by atoms with E-state index in [2.05, 4.69) is 39.0 Å². The highest BCUT2D eigenvalue weighted by molar-refractivity contribution is 5.64. The first kappa shape index (κ1) is 19.2. The average Bonchev–Trinajstić information content (AvgIpc) is 3.05.